The molecule has 0 fully saturated rings. The molecule has 0 saturated heterocycles. The zero-order chi connectivity index (χ0) is 30.9. The van der Waals surface area contributed by atoms with Crippen LogP contribution in [-0.4, -0.2) is 19.5 Å². The fourth-order valence-electron chi connectivity index (χ4n) is 7.32. The SMILES string of the molecule is c1ccc(-c2nc(-c3cc4ccc5ccccc5c4c4ccccc34)nc(-n3c4ccccc4c4c5ccccc5ccc43)n2)cc1. The third-order valence-electron chi connectivity index (χ3n) is 9.41. The van der Waals surface area contributed by atoms with Gasteiger partial charge in [-0.2, -0.15) is 9.97 Å². The second kappa shape index (κ2) is 10.1. The summed E-state index contributed by atoms with van der Waals surface area (Å²) in [6.07, 6.45) is 0. The fourth-order valence-corrected chi connectivity index (χ4v) is 7.32. The third-order valence-corrected chi connectivity index (χ3v) is 9.41. The van der Waals surface area contributed by atoms with E-state index in [9.17, 15) is 0 Å². The maximum Gasteiger partial charge on any atom is 0.238 e. The van der Waals surface area contributed by atoms with Gasteiger partial charge in [-0.1, -0.05) is 140 Å². The standard InChI is InChI=1S/C43H26N4/c1-2-14-29(15-3-1)41-44-42(36-26-30-23-22-27-12-4-6-16-31(27)39(30)34-19-9-8-18-33(34)36)46-43(45-41)47-37-21-11-10-20-35(37)40-32-17-7-5-13-28(32)24-25-38(40)47/h1-26H. The van der Waals surface area contributed by atoms with Gasteiger partial charge in [0, 0.05) is 21.9 Å². The average molecular weight is 599 g/mol. The van der Waals surface area contributed by atoms with Crippen molar-refractivity contribution in [3.05, 3.63) is 158 Å². The molecular weight excluding hydrogens is 573 g/mol. The molecular formula is C43H26N4. The Morgan fingerprint density at radius 3 is 1.72 bits per heavy atom. The van der Waals surface area contributed by atoms with Gasteiger partial charge < -0.3 is 0 Å². The summed E-state index contributed by atoms with van der Waals surface area (Å²) in [7, 11) is 0. The quantitative estimate of drug-likeness (QED) is 0.190. The van der Waals surface area contributed by atoms with Crippen LogP contribution < -0.4 is 0 Å². The van der Waals surface area contributed by atoms with Gasteiger partial charge in [-0.25, -0.2) is 4.98 Å². The van der Waals surface area contributed by atoms with Gasteiger partial charge >= 0.3 is 0 Å². The number of hydrogen-bond acceptors (Lipinski definition) is 3. The van der Waals surface area contributed by atoms with Gasteiger partial charge in [-0.15, -0.1) is 0 Å². The molecule has 8 aromatic carbocycles. The molecule has 0 aliphatic rings. The van der Waals surface area contributed by atoms with Crippen LogP contribution in [0.1, 0.15) is 0 Å². The molecule has 2 aromatic heterocycles. The lowest BCUT2D eigenvalue weighted by molar-refractivity contribution is 0.954. The summed E-state index contributed by atoms with van der Waals surface area (Å²) in [6.45, 7) is 0. The summed E-state index contributed by atoms with van der Waals surface area (Å²) in [5, 5.41) is 12.0. The molecule has 0 saturated carbocycles. The van der Waals surface area contributed by atoms with E-state index in [1.54, 1.807) is 0 Å². The summed E-state index contributed by atoms with van der Waals surface area (Å²) in [5.41, 5.74) is 4.05. The number of fused-ring (bicyclic) bond motifs is 10. The Kier molecular flexibility index (Phi) is 5.54. The van der Waals surface area contributed by atoms with Gasteiger partial charge in [0.15, 0.2) is 11.6 Å². The summed E-state index contributed by atoms with van der Waals surface area (Å²) in [4.78, 5) is 15.7. The molecule has 0 atom stereocenters. The minimum absolute atomic E-state index is 0.595. The molecule has 0 spiro atoms. The van der Waals surface area contributed by atoms with Crippen molar-refractivity contribution in [2.45, 2.75) is 0 Å². The van der Waals surface area contributed by atoms with E-state index < -0.39 is 0 Å². The van der Waals surface area contributed by atoms with Crippen LogP contribution in [-0.2, 0) is 0 Å². The highest BCUT2D eigenvalue weighted by atomic mass is 15.2. The number of benzene rings is 8. The molecule has 4 heteroatoms. The highest BCUT2D eigenvalue weighted by molar-refractivity contribution is 6.23. The first-order valence-corrected chi connectivity index (χ1v) is 15.9. The van der Waals surface area contributed by atoms with Crippen LogP contribution >= 0.6 is 0 Å². The largest absolute Gasteiger partial charge is 0.278 e. The smallest absolute Gasteiger partial charge is 0.238 e. The lowest BCUT2D eigenvalue weighted by Gasteiger charge is -2.14. The highest BCUT2D eigenvalue weighted by Gasteiger charge is 2.20. The number of para-hydroxylation sites is 1. The van der Waals surface area contributed by atoms with Crippen molar-refractivity contribution < 1.29 is 0 Å². The van der Waals surface area contributed by atoms with Gasteiger partial charge in [0.2, 0.25) is 5.95 Å². The number of nitrogens with zero attached hydrogens (tertiary/aromatic N) is 4. The zero-order valence-corrected chi connectivity index (χ0v) is 25.3. The molecule has 47 heavy (non-hydrogen) atoms. The zero-order valence-electron chi connectivity index (χ0n) is 25.3. The van der Waals surface area contributed by atoms with Gasteiger partial charge in [-0.3, -0.25) is 4.57 Å². The Bertz CT molecular complexity index is 2850. The predicted octanol–water partition coefficient (Wildman–Crippen LogP) is 10.9. The van der Waals surface area contributed by atoms with Gasteiger partial charge in [-0.05, 0) is 61.3 Å². The Hall–Kier alpha value is -6.39. The van der Waals surface area contributed by atoms with Gasteiger partial charge in [0.1, 0.15) is 0 Å². The average Bonchev–Trinajstić information content (AvgIpc) is 3.49. The number of hydrogen-bond donors (Lipinski definition) is 0. The van der Waals surface area contributed by atoms with Crippen molar-refractivity contribution in [2.75, 3.05) is 0 Å². The van der Waals surface area contributed by atoms with Crippen molar-refractivity contribution >= 4 is 64.9 Å². The van der Waals surface area contributed by atoms with Crippen LogP contribution in [0.25, 0.3) is 93.6 Å². The van der Waals surface area contributed by atoms with Crippen LogP contribution in [0.4, 0.5) is 0 Å². The Morgan fingerprint density at radius 1 is 0.362 bits per heavy atom. The monoisotopic (exact) mass is 598 g/mol. The minimum Gasteiger partial charge on any atom is -0.278 e. The molecule has 10 rings (SSSR count). The molecule has 0 radical (unpaired) electrons. The number of rotatable bonds is 3. The van der Waals surface area contributed by atoms with E-state index in [1.165, 1.54) is 43.1 Å². The molecule has 0 amide bonds. The van der Waals surface area contributed by atoms with E-state index >= 15 is 0 Å². The second-order valence-electron chi connectivity index (χ2n) is 12.0. The van der Waals surface area contributed by atoms with Crippen LogP contribution in [0.5, 0.6) is 0 Å². The highest BCUT2D eigenvalue weighted by Crippen LogP contribution is 2.39. The van der Waals surface area contributed by atoms with E-state index in [4.69, 9.17) is 15.0 Å². The second-order valence-corrected chi connectivity index (χ2v) is 12.0. The van der Waals surface area contributed by atoms with Crippen LogP contribution in [0, 0.1) is 0 Å². The Balaban J connectivity index is 1.32. The van der Waals surface area contributed by atoms with E-state index in [0.717, 1.165) is 32.9 Å². The lowest BCUT2D eigenvalue weighted by atomic mass is 9.93. The van der Waals surface area contributed by atoms with E-state index in [1.807, 2.05) is 18.2 Å². The number of aromatic nitrogens is 4. The Morgan fingerprint density at radius 2 is 0.936 bits per heavy atom. The van der Waals surface area contributed by atoms with Crippen LogP contribution in [0.2, 0.25) is 0 Å². The van der Waals surface area contributed by atoms with E-state index in [2.05, 4.69) is 144 Å². The summed E-state index contributed by atoms with van der Waals surface area (Å²) >= 11 is 0. The van der Waals surface area contributed by atoms with Crippen molar-refractivity contribution in [3.63, 3.8) is 0 Å². The molecule has 218 valence electrons. The molecule has 4 nitrogen and oxygen atoms in total. The Labute approximate surface area is 270 Å². The van der Waals surface area contributed by atoms with E-state index in [0.29, 0.717) is 17.6 Å². The van der Waals surface area contributed by atoms with Crippen molar-refractivity contribution in [1.29, 1.82) is 0 Å². The molecule has 0 aliphatic heterocycles. The first-order chi connectivity index (χ1) is 23.3. The third kappa shape index (κ3) is 3.92. The van der Waals surface area contributed by atoms with Gasteiger partial charge in [0.25, 0.3) is 0 Å². The lowest BCUT2D eigenvalue weighted by Crippen LogP contribution is -2.06. The maximum atomic E-state index is 5.31. The molecule has 0 bridgehead atoms. The summed E-state index contributed by atoms with van der Waals surface area (Å²) in [6, 6.07) is 55.6. The summed E-state index contributed by atoms with van der Waals surface area (Å²) in [5.74, 6) is 1.88. The molecule has 10 aromatic rings. The molecule has 0 unspecified atom stereocenters. The first kappa shape index (κ1) is 25.9. The molecule has 2 heterocycles. The molecule has 0 aliphatic carbocycles. The minimum atomic E-state index is 0.595. The van der Waals surface area contributed by atoms with Crippen molar-refractivity contribution in [3.8, 4) is 28.7 Å². The molecule has 0 N–H and O–H groups in total. The first-order valence-electron chi connectivity index (χ1n) is 15.9. The fraction of sp³-hybridized carbons (Fsp3) is 0. The van der Waals surface area contributed by atoms with Crippen LogP contribution in [0.15, 0.2) is 158 Å². The van der Waals surface area contributed by atoms with E-state index in [-0.39, 0.29) is 0 Å². The van der Waals surface area contributed by atoms with Crippen LogP contribution in [0.3, 0.4) is 0 Å². The topological polar surface area (TPSA) is 43.6 Å². The normalized spacial score (nSPS) is 11.8. The summed E-state index contributed by atoms with van der Waals surface area (Å²) < 4.78 is 2.20. The van der Waals surface area contributed by atoms with Crippen molar-refractivity contribution in [2.24, 2.45) is 0 Å². The maximum absolute atomic E-state index is 5.31. The predicted molar refractivity (Wildman–Crippen MR) is 195 cm³/mol. The van der Waals surface area contributed by atoms with Crippen molar-refractivity contribution in [1.82, 2.24) is 19.5 Å². The van der Waals surface area contributed by atoms with Gasteiger partial charge in [0.05, 0.1) is 11.0 Å².